The molecule has 0 radical (unpaired) electrons. The molecule has 0 atom stereocenters. The van der Waals surface area contributed by atoms with Gasteiger partial charge in [0.25, 0.3) is 0 Å². The fourth-order valence-corrected chi connectivity index (χ4v) is 1.79. The van der Waals surface area contributed by atoms with Crippen LogP contribution >= 0.6 is 27.7 Å². The zero-order valence-electron chi connectivity index (χ0n) is 8.24. The molecule has 0 aromatic heterocycles. The maximum absolute atomic E-state index is 13.1. The molecule has 0 amide bonds. The molecule has 0 aliphatic rings. The number of halogens is 6. The van der Waals surface area contributed by atoms with Crippen molar-refractivity contribution in [1.82, 2.24) is 0 Å². The highest BCUT2D eigenvalue weighted by Crippen LogP contribution is 2.30. The molecule has 0 aliphatic carbocycles. The Balaban J connectivity index is 2.50. The second-order valence-electron chi connectivity index (χ2n) is 2.97. The van der Waals surface area contributed by atoms with Crippen molar-refractivity contribution in [3.8, 4) is 0 Å². The number of alkyl halides is 3. The van der Waals surface area contributed by atoms with Gasteiger partial charge in [-0.2, -0.15) is 13.2 Å². The van der Waals surface area contributed by atoms with E-state index < -0.39 is 17.1 Å². The second-order valence-corrected chi connectivity index (χ2v) is 4.98. The first kappa shape index (κ1) is 14.6. The highest BCUT2D eigenvalue weighted by atomic mass is 79.9. The summed E-state index contributed by atoms with van der Waals surface area (Å²) in [7, 11) is 0. The molecule has 17 heavy (non-hydrogen) atoms. The first-order chi connectivity index (χ1) is 7.79. The van der Waals surface area contributed by atoms with Crippen molar-refractivity contribution in [2.45, 2.75) is 5.51 Å². The Kier molecular flexibility index (Phi) is 5.05. The van der Waals surface area contributed by atoms with E-state index in [4.69, 9.17) is 0 Å². The number of hydrogen-bond acceptors (Lipinski definition) is 2. The number of nitrogens with one attached hydrogen (secondary N) is 1. The molecular weight excluding hydrogens is 329 g/mol. The summed E-state index contributed by atoms with van der Waals surface area (Å²) in [4.78, 5) is 0. The summed E-state index contributed by atoms with van der Waals surface area (Å²) in [5, 5.41) is 2.46. The molecule has 0 saturated heterocycles. The number of benzene rings is 1. The summed E-state index contributed by atoms with van der Waals surface area (Å²) in [5.74, 6) is -1.86. The van der Waals surface area contributed by atoms with Crippen molar-refractivity contribution in [1.29, 1.82) is 0 Å². The van der Waals surface area contributed by atoms with E-state index >= 15 is 0 Å². The van der Waals surface area contributed by atoms with Crippen LogP contribution in [0.15, 0.2) is 16.6 Å². The summed E-state index contributed by atoms with van der Waals surface area (Å²) in [5.41, 5.74) is -4.34. The van der Waals surface area contributed by atoms with Gasteiger partial charge in [0.05, 0.1) is 10.2 Å². The van der Waals surface area contributed by atoms with Crippen molar-refractivity contribution in [2.24, 2.45) is 0 Å². The normalized spacial score (nSPS) is 11.6. The van der Waals surface area contributed by atoms with Crippen LogP contribution in [0.1, 0.15) is 0 Å². The van der Waals surface area contributed by atoms with Crippen LogP contribution in [-0.4, -0.2) is 17.8 Å². The Morgan fingerprint density at radius 1 is 1.18 bits per heavy atom. The molecule has 1 nitrogen and oxygen atoms in total. The fraction of sp³-hybridized carbons (Fsp3) is 0.333. The molecule has 0 heterocycles. The van der Waals surface area contributed by atoms with Gasteiger partial charge in [0.1, 0.15) is 11.6 Å². The Hall–Kier alpha value is -0.500. The average molecular weight is 336 g/mol. The maximum atomic E-state index is 13.1. The third-order valence-corrected chi connectivity index (χ3v) is 3.04. The van der Waals surface area contributed by atoms with Crippen LogP contribution in [0.5, 0.6) is 0 Å². The molecule has 1 N–H and O–H groups in total. The average Bonchev–Trinajstić information content (AvgIpc) is 2.18. The zero-order valence-corrected chi connectivity index (χ0v) is 10.6. The third-order valence-electron chi connectivity index (χ3n) is 1.69. The zero-order chi connectivity index (χ0) is 13.1. The monoisotopic (exact) mass is 335 g/mol. The minimum Gasteiger partial charge on any atom is -0.382 e. The van der Waals surface area contributed by atoms with Crippen LogP contribution in [0.25, 0.3) is 0 Å². The van der Waals surface area contributed by atoms with Gasteiger partial charge in [-0.1, -0.05) is 0 Å². The van der Waals surface area contributed by atoms with Gasteiger partial charge < -0.3 is 5.32 Å². The lowest BCUT2D eigenvalue weighted by Crippen LogP contribution is -2.10. The second kappa shape index (κ2) is 5.90. The van der Waals surface area contributed by atoms with E-state index in [1.807, 2.05) is 0 Å². The van der Waals surface area contributed by atoms with Gasteiger partial charge in [0.15, 0.2) is 0 Å². The van der Waals surface area contributed by atoms with Crippen LogP contribution in [-0.2, 0) is 0 Å². The minimum atomic E-state index is -4.30. The van der Waals surface area contributed by atoms with E-state index in [-0.39, 0.29) is 34.2 Å². The number of anilines is 1. The molecule has 1 aromatic carbocycles. The molecule has 0 aliphatic heterocycles. The molecule has 0 spiro atoms. The smallest absolute Gasteiger partial charge is 0.382 e. The van der Waals surface area contributed by atoms with Crippen LogP contribution in [0.4, 0.5) is 27.6 Å². The minimum absolute atomic E-state index is 0.0407. The van der Waals surface area contributed by atoms with Crippen molar-refractivity contribution in [2.75, 3.05) is 17.6 Å². The standard InChI is InChI=1S/C9H7BrF5NS/c10-5-3-8(7(12)4-6(5)11)16-1-2-17-9(13,14)15/h3-4,16H,1-2H2. The van der Waals surface area contributed by atoms with E-state index in [9.17, 15) is 22.0 Å². The Morgan fingerprint density at radius 3 is 2.41 bits per heavy atom. The summed E-state index contributed by atoms with van der Waals surface area (Å²) >= 11 is 2.65. The van der Waals surface area contributed by atoms with Crippen LogP contribution in [0.3, 0.4) is 0 Å². The summed E-state index contributed by atoms with van der Waals surface area (Å²) in [6, 6.07) is 1.80. The third kappa shape index (κ3) is 5.12. The lowest BCUT2D eigenvalue weighted by Gasteiger charge is -2.09. The molecule has 0 unspecified atom stereocenters. The van der Waals surface area contributed by atoms with Gasteiger partial charge >= 0.3 is 5.51 Å². The largest absolute Gasteiger partial charge is 0.441 e. The molecule has 1 aromatic rings. The van der Waals surface area contributed by atoms with Crippen molar-refractivity contribution in [3.05, 3.63) is 28.2 Å². The predicted molar refractivity (Wildman–Crippen MR) is 61.1 cm³/mol. The molecule has 96 valence electrons. The van der Waals surface area contributed by atoms with Gasteiger partial charge in [0.2, 0.25) is 0 Å². The maximum Gasteiger partial charge on any atom is 0.441 e. The Labute approximate surface area is 107 Å². The molecular formula is C9H7BrF5NS. The molecule has 0 fully saturated rings. The van der Waals surface area contributed by atoms with Gasteiger partial charge in [-0.15, -0.1) is 0 Å². The predicted octanol–water partition coefficient (Wildman–Crippen LogP) is 4.39. The van der Waals surface area contributed by atoms with E-state index in [1.54, 1.807) is 0 Å². The first-order valence-electron chi connectivity index (χ1n) is 4.38. The fourth-order valence-electron chi connectivity index (χ4n) is 1.01. The lowest BCUT2D eigenvalue weighted by molar-refractivity contribution is -0.0327. The van der Waals surface area contributed by atoms with E-state index in [0.29, 0.717) is 6.07 Å². The molecule has 0 saturated carbocycles. The summed E-state index contributed by atoms with van der Waals surface area (Å²) in [6.45, 7) is -0.0703. The topological polar surface area (TPSA) is 12.0 Å². The van der Waals surface area contributed by atoms with E-state index in [0.717, 1.165) is 6.07 Å². The summed E-state index contributed by atoms with van der Waals surface area (Å²) in [6.07, 6.45) is 0. The Bertz CT molecular complexity index is 396. The van der Waals surface area contributed by atoms with Crippen LogP contribution < -0.4 is 5.32 Å². The molecule has 1 rings (SSSR count). The SMILES string of the molecule is Fc1cc(F)c(NCCSC(F)(F)F)cc1Br. The number of thioether (sulfide) groups is 1. The van der Waals surface area contributed by atoms with Gasteiger partial charge in [-0.25, -0.2) is 8.78 Å². The quantitative estimate of drug-likeness (QED) is 0.497. The van der Waals surface area contributed by atoms with Gasteiger partial charge in [0, 0.05) is 18.4 Å². The highest BCUT2D eigenvalue weighted by Gasteiger charge is 2.27. The molecule has 8 heteroatoms. The number of hydrogen-bond donors (Lipinski definition) is 1. The van der Waals surface area contributed by atoms with E-state index in [1.165, 1.54) is 0 Å². The van der Waals surface area contributed by atoms with E-state index in [2.05, 4.69) is 21.2 Å². The highest BCUT2D eigenvalue weighted by molar-refractivity contribution is 9.10. The van der Waals surface area contributed by atoms with Crippen LogP contribution in [0, 0.1) is 11.6 Å². The van der Waals surface area contributed by atoms with Crippen molar-refractivity contribution < 1.29 is 22.0 Å². The lowest BCUT2D eigenvalue weighted by atomic mass is 10.3. The number of rotatable bonds is 4. The Morgan fingerprint density at radius 2 is 1.82 bits per heavy atom. The summed E-state index contributed by atoms with van der Waals surface area (Å²) < 4.78 is 61.4. The van der Waals surface area contributed by atoms with Gasteiger partial charge in [-0.05, 0) is 33.8 Å². The van der Waals surface area contributed by atoms with Crippen molar-refractivity contribution in [3.63, 3.8) is 0 Å². The first-order valence-corrected chi connectivity index (χ1v) is 6.16. The van der Waals surface area contributed by atoms with Crippen LogP contribution in [0.2, 0.25) is 0 Å². The molecule has 0 bridgehead atoms. The van der Waals surface area contributed by atoms with Crippen molar-refractivity contribution >= 4 is 33.4 Å². The van der Waals surface area contributed by atoms with Gasteiger partial charge in [-0.3, -0.25) is 0 Å².